The molecule has 4 rings (SSSR count). The first-order chi connectivity index (χ1) is 15.5. The Balaban J connectivity index is 1.69. The van der Waals surface area contributed by atoms with Crippen molar-refractivity contribution in [2.24, 2.45) is 4.99 Å². The Kier molecular flexibility index (Phi) is 6.61. The molecule has 0 radical (unpaired) electrons. The fourth-order valence-corrected chi connectivity index (χ4v) is 3.38. The second kappa shape index (κ2) is 9.58. The first kappa shape index (κ1) is 22.1. The predicted molar refractivity (Wildman–Crippen MR) is 123 cm³/mol. The quantitative estimate of drug-likeness (QED) is 0.300. The van der Waals surface area contributed by atoms with Crippen molar-refractivity contribution in [1.82, 2.24) is 19.9 Å². The third kappa shape index (κ3) is 4.71. The van der Waals surface area contributed by atoms with Gasteiger partial charge in [-0.05, 0) is 39.0 Å². The van der Waals surface area contributed by atoms with Crippen LogP contribution in [0, 0.1) is 0 Å². The smallest absolute Gasteiger partial charge is 0.257 e. The Bertz CT molecular complexity index is 1080. The van der Waals surface area contributed by atoms with Crippen LogP contribution in [0.5, 0.6) is 0 Å². The van der Waals surface area contributed by atoms with Crippen LogP contribution in [0.15, 0.2) is 39.9 Å². The molecule has 3 N–H and O–H groups in total. The van der Waals surface area contributed by atoms with E-state index in [0.29, 0.717) is 52.7 Å². The average molecular weight is 460 g/mol. The summed E-state index contributed by atoms with van der Waals surface area (Å²) in [5, 5.41) is 14.1. The largest absolute Gasteiger partial charge is 0.473 e. The van der Waals surface area contributed by atoms with Gasteiger partial charge in [0.2, 0.25) is 5.88 Å². The number of amides is 1. The number of ether oxygens (including phenoxy) is 2. The van der Waals surface area contributed by atoms with Crippen LogP contribution in [0.3, 0.4) is 0 Å². The molecule has 1 amide bonds. The van der Waals surface area contributed by atoms with Crippen molar-refractivity contribution in [3.8, 4) is 0 Å². The van der Waals surface area contributed by atoms with Crippen LogP contribution in [0.1, 0.15) is 36.5 Å². The molecule has 0 aromatic carbocycles. The van der Waals surface area contributed by atoms with E-state index in [0.717, 1.165) is 19.3 Å². The van der Waals surface area contributed by atoms with E-state index in [1.165, 1.54) is 6.20 Å². The number of allylic oxidation sites excluding steroid dienone is 2. The number of aliphatic imine (C=N–C) groups is 1. The molecule has 2 aliphatic rings. The van der Waals surface area contributed by atoms with Crippen LogP contribution >= 0.6 is 11.6 Å². The normalized spacial score (nSPS) is 17.8. The number of carbonyl (C=O) groups is 1. The Morgan fingerprint density at radius 1 is 1.44 bits per heavy atom. The van der Waals surface area contributed by atoms with Crippen LogP contribution < -0.4 is 16.0 Å². The van der Waals surface area contributed by atoms with Crippen LogP contribution in [0.4, 0.5) is 11.6 Å². The summed E-state index contributed by atoms with van der Waals surface area (Å²) >= 11 is 6.15. The van der Waals surface area contributed by atoms with Crippen molar-refractivity contribution in [2.75, 3.05) is 30.9 Å². The van der Waals surface area contributed by atoms with Gasteiger partial charge in [-0.2, -0.15) is 9.61 Å². The lowest BCUT2D eigenvalue weighted by Crippen LogP contribution is -2.48. The molecule has 11 heteroatoms. The summed E-state index contributed by atoms with van der Waals surface area (Å²) in [4.78, 5) is 21.4. The minimum absolute atomic E-state index is 0.00113. The molecule has 2 aromatic rings. The molecule has 0 unspecified atom stereocenters. The summed E-state index contributed by atoms with van der Waals surface area (Å²) in [5.41, 5.74) is 1.28. The zero-order valence-corrected chi connectivity index (χ0v) is 18.8. The highest BCUT2D eigenvalue weighted by atomic mass is 35.5. The second-order valence-corrected chi connectivity index (χ2v) is 8.28. The van der Waals surface area contributed by atoms with E-state index in [4.69, 9.17) is 21.1 Å². The maximum atomic E-state index is 12.7. The number of hydrogen-bond acceptors (Lipinski definition) is 8. The number of nitrogens with one attached hydrogen (secondary N) is 3. The molecule has 32 heavy (non-hydrogen) atoms. The van der Waals surface area contributed by atoms with Crippen molar-refractivity contribution in [1.29, 1.82) is 0 Å². The van der Waals surface area contributed by atoms with Crippen LogP contribution in [0.2, 0.25) is 0 Å². The third-order valence-electron chi connectivity index (χ3n) is 5.26. The van der Waals surface area contributed by atoms with E-state index in [9.17, 15) is 4.79 Å². The van der Waals surface area contributed by atoms with E-state index >= 15 is 0 Å². The summed E-state index contributed by atoms with van der Waals surface area (Å²) < 4.78 is 12.7. The fourth-order valence-electron chi connectivity index (χ4n) is 3.27. The highest BCUT2D eigenvalue weighted by Crippen LogP contribution is 2.28. The van der Waals surface area contributed by atoms with Gasteiger partial charge in [0, 0.05) is 18.1 Å². The average Bonchev–Trinajstić information content (AvgIpc) is 3.12. The predicted octanol–water partition coefficient (Wildman–Crippen LogP) is 2.89. The molecule has 0 spiro atoms. The number of fused-ring (bicyclic) bond motifs is 1. The molecule has 2 aromatic heterocycles. The first-order valence-electron chi connectivity index (χ1n) is 10.4. The fraction of sp³-hybridized carbons (Fsp3) is 0.429. The van der Waals surface area contributed by atoms with Crippen molar-refractivity contribution >= 4 is 41.5 Å². The lowest BCUT2D eigenvalue weighted by molar-refractivity contribution is -0.00343. The van der Waals surface area contributed by atoms with Gasteiger partial charge < -0.3 is 25.4 Å². The Morgan fingerprint density at radius 3 is 2.78 bits per heavy atom. The molecule has 3 heterocycles. The Labute approximate surface area is 190 Å². The highest BCUT2D eigenvalue weighted by Gasteiger charge is 2.25. The molecule has 1 saturated heterocycles. The van der Waals surface area contributed by atoms with Gasteiger partial charge in [-0.15, -0.1) is 0 Å². The van der Waals surface area contributed by atoms with Crippen molar-refractivity contribution in [3.05, 3.63) is 40.5 Å². The zero-order chi connectivity index (χ0) is 22.7. The van der Waals surface area contributed by atoms with Gasteiger partial charge in [-0.1, -0.05) is 11.6 Å². The molecule has 0 atom stereocenters. The number of anilines is 2. The summed E-state index contributed by atoms with van der Waals surface area (Å²) in [6, 6.07) is 1.77. The topological polar surface area (TPSA) is 114 Å². The van der Waals surface area contributed by atoms with Gasteiger partial charge in [-0.3, -0.25) is 4.79 Å². The molecular formula is C21H26ClN7O3. The van der Waals surface area contributed by atoms with Gasteiger partial charge in [0.15, 0.2) is 5.65 Å². The van der Waals surface area contributed by atoms with Crippen molar-refractivity contribution in [3.63, 3.8) is 0 Å². The summed E-state index contributed by atoms with van der Waals surface area (Å²) in [5.74, 6) is 1.20. The number of rotatable bonds is 9. The Hall–Kier alpha value is -3.11. The maximum absolute atomic E-state index is 12.7. The molecule has 1 saturated carbocycles. The molecule has 170 valence electrons. The standard InChI is InChI=1S/C21H26ClN7O3/c1-12(22)7-16(21(24-3)32-14-5-4-6-14)27-17-8-18(23-2)29-19(28-17)15(9-25-29)20(30)26-13-10-31-11-13/h7-9,13-14,23H,3-6,10-11H2,1-2H3,(H,26,30)(H,27,28)/b12-7+,21-16-. The molecule has 0 bridgehead atoms. The SMILES string of the molecule is C=N/C(OC1CCC1)=C(\C=C(/C)Cl)Nc1cc(NC)n2ncc(C(=O)NC3COC3)c2n1. The minimum atomic E-state index is -0.256. The van der Waals surface area contributed by atoms with Crippen LogP contribution in [-0.4, -0.2) is 59.6 Å². The number of halogens is 1. The van der Waals surface area contributed by atoms with Crippen molar-refractivity contribution < 1.29 is 14.3 Å². The summed E-state index contributed by atoms with van der Waals surface area (Å²) in [6.07, 6.45) is 6.40. The summed E-state index contributed by atoms with van der Waals surface area (Å²) in [6.45, 7) is 6.40. The van der Waals surface area contributed by atoms with E-state index in [2.05, 4.69) is 37.7 Å². The number of hydrogen-bond donors (Lipinski definition) is 3. The number of nitrogens with zero attached hydrogens (tertiary/aromatic N) is 4. The zero-order valence-electron chi connectivity index (χ0n) is 18.0. The van der Waals surface area contributed by atoms with E-state index in [1.807, 2.05) is 0 Å². The van der Waals surface area contributed by atoms with Gasteiger partial charge in [0.25, 0.3) is 5.91 Å². The van der Waals surface area contributed by atoms with Gasteiger partial charge in [0.1, 0.15) is 29.0 Å². The lowest BCUT2D eigenvalue weighted by Gasteiger charge is -2.27. The molecule has 1 aliphatic heterocycles. The molecule has 10 nitrogen and oxygen atoms in total. The molecular weight excluding hydrogens is 434 g/mol. The lowest BCUT2D eigenvalue weighted by atomic mass is 9.96. The Morgan fingerprint density at radius 2 is 2.22 bits per heavy atom. The van der Waals surface area contributed by atoms with Gasteiger partial charge in [0.05, 0.1) is 25.5 Å². The van der Waals surface area contributed by atoms with E-state index in [1.54, 1.807) is 30.6 Å². The first-order valence-corrected chi connectivity index (χ1v) is 10.8. The monoisotopic (exact) mass is 459 g/mol. The second-order valence-electron chi connectivity index (χ2n) is 7.68. The highest BCUT2D eigenvalue weighted by molar-refractivity contribution is 6.29. The van der Waals surface area contributed by atoms with Crippen LogP contribution in [0.25, 0.3) is 5.65 Å². The maximum Gasteiger partial charge on any atom is 0.257 e. The number of aromatic nitrogens is 3. The van der Waals surface area contributed by atoms with Crippen molar-refractivity contribution in [2.45, 2.75) is 38.3 Å². The minimum Gasteiger partial charge on any atom is -0.473 e. The van der Waals surface area contributed by atoms with E-state index < -0.39 is 0 Å². The van der Waals surface area contributed by atoms with E-state index in [-0.39, 0.29) is 18.1 Å². The van der Waals surface area contributed by atoms with Gasteiger partial charge in [-0.25, -0.2) is 9.98 Å². The summed E-state index contributed by atoms with van der Waals surface area (Å²) in [7, 11) is 1.77. The third-order valence-corrected chi connectivity index (χ3v) is 5.37. The van der Waals surface area contributed by atoms with Gasteiger partial charge >= 0.3 is 0 Å². The van der Waals surface area contributed by atoms with Crippen LogP contribution in [-0.2, 0) is 9.47 Å². The molecule has 2 fully saturated rings. The molecule has 1 aliphatic carbocycles. The number of carbonyl (C=O) groups excluding carboxylic acids is 1.